The van der Waals surface area contributed by atoms with Crippen LogP contribution in [-0.4, -0.2) is 51.8 Å². The Morgan fingerprint density at radius 1 is 0.818 bits per heavy atom. The van der Waals surface area contributed by atoms with Crippen LogP contribution in [0.3, 0.4) is 0 Å². The lowest BCUT2D eigenvalue weighted by molar-refractivity contribution is -0.138. The van der Waals surface area contributed by atoms with E-state index in [0.717, 1.165) is 16.4 Å². The average molecular weight is 866 g/mol. The summed E-state index contributed by atoms with van der Waals surface area (Å²) in [6.45, 7) is -0.400. The normalized spacial score (nSPS) is 15.1. The Kier molecular flexibility index (Phi) is 12.0. The van der Waals surface area contributed by atoms with Crippen molar-refractivity contribution in [2.24, 2.45) is 0 Å². The number of carbonyl (C=O) groups excluding carboxylic acids is 1. The largest absolute Gasteiger partial charge is 0.479 e. The Hall–Kier alpha value is -4.37. The molecule has 0 aliphatic carbocycles. The van der Waals surface area contributed by atoms with Gasteiger partial charge in [0.15, 0.2) is 6.04 Å². The van der Waals surface area contributed by atoms with Crippen LogP contribution in [0, 0.1) is 5.82 Å². The van der Waals surface area contributed by atoms with Crippen molar-refractivity contribution in [3.8, 4) is 0 Å². The third-order valence-electron chi connectivity index (χ3n) is 8.98. The fourth-order valence-electron chi connectivity index (χ4n) is 6.39. The number of nitrogens with zero attached hydrogens (tertiary/aromatic N) is 2. The van der Waals surface area contributed by atoms with Crippen LogP contribution < -0.4 is 9.62 Å². The second-order valence-corrected chi connectivity index (χ2v) is 17.9. The number of sulfonamides is 1. The molecule has 1 aliphatic heterocycles. The van der Waals surface area contributed by atoms with Gasteiger partial charge in [0.05, 0.1) is 32.1 Å². The van der Waals surface area contributed by atoms with Crippen LogP contribution >= 0.6 is 46.4 Å². The van der Waals surface area contributed by atoms with E-state index in [0.29, 0.717) is 24.9 Å². The highest BCUT2D eigenvalue weighted by Crippen LogP contribution is 2.39. The van der Waals surface area contributed by atoms with Crippen LogP contribution in [0.1, 0.15) is 36.1 Å². The van der Waals surface area contributed by atoms with Gasteiger partial charge in [0.25, 0.3) is 10.0 Å². The maximum absolute atomic E-state index is 14.9. The summed E-state index contributed by atoms with van der Waals surface area (Å²) in [7, 11) is -9.22. The Morgan fingerprint density at radius 3 is 2.15 bits per heavy atom. The van der Waals surface area contributed by atoms with Crippen molar-refractivity contribution in [3.05, 3.63) is 146 Å². The molecular formula is C38H30Cl4FN3O7S2. The van der Waals surface area contributed by atoms with Gasteiger partial charge in [0.2, 0.25) is 15.7 Å². The molecule has 6 rings (SSSR count). The van der Waals surface area contributed by atoms with Crippen molar-refractivity contribution in [2.75, 3.05) is 22.7 Å². The topological polar surface area (TPSA) is 141 Å². The minimum absolute atomic E-state index is 0.0157. The molecule has 17 heteroatoms. The van der Waals surface area contributed by atoms with Crippen molar-refractivity contribution in [1.82, 2.24) is 4.90 Å². The highest BCUT2D eigenvalue weighted by atomic mass is 35.5. The molecule has 1 amide bonds. The number of nitrogens with one attached hydrogen (secondary N) is 1. The second-order valence-electron chi connectivity index (χ2n) is 12.5. The van der Waals surface area contributed by atoms with Crippen molar-refractivity contribution >= 4 is 89.5 Å². The second kappa shape index (κ2) is 16.4. The summed E-state index contributed by atoms with van der Waals surface area (Å²) in [6.07, 6.45) is 1.18. The van der Waals surface area contributed by atoms with Gasteiger partial charge in [-0.05, 0) is 103 Å². The van der Waals surface area contributed by atoms with E-state index in [-0.39, 0.29) is 36.4 Å². The van der Waals surface area contributed by atoms with E-state index in [1.54, 1.807) is 12.1 Å². The molecule has 55 heavy (non-hydrogen) atoms. The zero-order chi connectivity index (χ0) is 39.7. The number of carboxylic acids is 1. The van der Waals surface area contributed by atoms with Crippen LogP contribution in [0.4, 0.5) is 15.8 Å². The molecule has 1 fully saturated rings. The van der Waals surface area contributed by atoms with Crippen LogP contribution in [-0.2, 0) is 29.4 Å². The lowest BCUT2D eigenvalue weighted by Gasteiger charge is -2.31. The Morgan fingerprint density at radius 2 is 1.47 bits per heavy atom. The van der Waals surface area contributed by atoms with Gasteiger partial charge < -0.3 is 15.3 Å². The molecule has 0 radical (unpaired) electrons. The third-order valence-corrected chi connectivity index (χ3v) is 13.7. The monoisotopic (exact) mass is 863 g/mol. The smallest absolute Gasteiger partial charge is 0.330 e. The van der Waals surface area contributed by atoms with E-state index in [1.807, 2.05) is 0 Å². The molecule has 0 bridgehead atoms. The number of rotatable bonds is 12. The number of carbonyl (C=O) groups is 2. The van der Waals surface area contributed by atoms with Gasteiger partial charge in [0.1, 0.15) is 12.4 Å². The standard InChI is InChI=1S/C38H30Cl4FN3O7S2/c39-24-11-16-28(17-12-24)46(22-35(47)45-19-3-7-32(45)23-9-14-27(43)15-10-23)55(52,53)33-8-2-6-30(42)36(33)37(38(48)49)44-31-18-13-26(41)21-34(31)54(50,51)29-5-1-4-25(40)20-29/h1-2,4-6,8-18,20-21,32,37,44H,3,7,19,22H2,(H,48,49). The maximum Gasteiger partial charge on any atom is 0.330 e. The zero-order valence-corrected chi connectivity index (χ0v) is 33.0. The maximum atomic E-state index is 14.9. The first-order valence-corrected chi connectivity index (χ1v) is 20.9. The molecule has 286 valence electrons. The lowest BCUT2D eigenvalue weighted by Crippen LogP contribution is -2.43. The van der Waals surface area contributed by atoms with Crippen LogP contribution in [0.25, 0.3) is 0 Å². The molecular weight excluding hydrogens is 835 g/mol. The summed E-state index contributed by atoms with van der Waals surface area (Å²) < 4.78 is 72.0. The zero-order valence-electron chi connectivity index (χ0n) is 28.4. The fraction of sp³-hybridized carbons (Fsp3) is 0.158. The van der Waals surface area contributed by atoms with Crippen LogP contribution in [0.2, 0.25) is 20.1 Å². The molecule has 2 atom stereocenters. The number of amides is 1. The first-order chi connectivity index (χ1) is 26.1. The Balaban J connectivity index is 1.43. The van der Waals surface area contributed by atoms with Crippen LogP contribution in [0.15, 0.2) is 124 Å². The number of aliphatic carboxylic acids is 1. The summed E-state index contributed by atoms with van der Waals surface area (Å²) in [5.41, 5.74) is 0.0494. The molecule has 10 nitrogen and oxygen atoms in total. The summed E-state index contributed by atoms with van der Waals surface area (Å²) >= 11 is 25.1. The van der Waals surface area contributed by atoms with E-state index in [2.05, 4.69) is 5.32 Å². The van der Waals surface area contributed by atoms with Crippen molar-refractivity contribution in [2.45, 2.75) is 39.6 Å². The summed E-state index contributed by atoms with van der Waals surface area (Å²) in [4.78, 5) is 27.5. The number of anilines is 2. The number of carboxylic acid groups (broad SMARTS) is 1. The summed E-state index contributed by atoms with van der Waals surface area (Å²) in [6, 6.07) is 21.8. The molecule has 1 saturated heterocycles. The predicted molar refractivity (Wildman–Crippen MR) is 210 cm³/mol. The van der Waals surface area contributed by atoms with Gasteiger partial charge >= 0.3 is 5.97 Å². The lowest BCUT2D eigenvalue weighted by atomic mass is 10.0. The molecule has 2 unspecified atom stereocenters. The number of sulfone groups is 1. The fourth-order valence-corrected chi connectivity index (χ4v) is 10.5. The molecule has 0 aromatic heterocycles. The van der Waals surface area contributed by atoms with Crippen molar-refractivity contribution in [1.29, 1.82) is 0 Å². The van der Waals surface area contributed by atoms with Gasteiger partial charge in [-0.15, -0.1) is 0 Å². The number of benzene rings is 5. The minimum atomic E-state index is -4.84. The molecule has 1 aliphatic rings. The van der Waals surface area contributed by atoms with E-state index in [1.165, 1.54) is 89.8 Å². The Labute approximate surface area is 337 Å². The highest BCUT2D eigenvalue weighted by Gasteiger charge is 2.38. The van der Waals surface area contributed by atoms with E-state index in [9.17, 15) is 35.9 Å². The average Bonchev–Trinajstić information content (AvgIpc) is 3.64. The van der Waals surface area contributed by atoms with Crippen molar-refractivity contribution < 1.29 is 35.9 Å². The first kappa shape index (κ1) is 40.3. The number of hydrogen-bond donors (Lipinski definition) is 2. The molecule has 5 aromatic rings. The molecule has 5 aromatic carbocycles. The molecule has 1 heterocycles. The van der Waals surface area contributed by atoms with Gasteiger partial charge in [-0.3, -0.25) is 9.10 Å². The SMILES string of the molecule is O=C(O)C(Nc1ccc(Cl)cc1S(=O)(=O)c1cccc(Cl)c1)c1c(Cl)cccc1S(=O)(=O)N(CC(=O)N1CCCC1c1ccc(F)cc1)c1ccc(Cl)cc1. The van der Waals surface area contributed by atoms with Gasteiger partial charge in [-0.25, -0.2) is 26.0 Å². The van der Waals surface area contributed by atoms with Crippen LogP contribution in [0.5, 0.6) is 0 Å². The van der Waals surface area contributed by atoms with E-state index in [4.69, 9.17) is 46.4 Å². The van der Waals surface area contributed by atoms with Gasteiger partial charge in [-0.1, -0.05) is 70.7 Å². The van der Waals surface area contributed by atoms with E-state index >= 15 is 0 Å². The van der Waals surface area contributed by atoms with Gasteiger partial charge in [0, 0.05) is 32.2 Å². The molecule has 0 saturated carbocycles. The number of hydrogen-bond acceptors (Lipinski definition) is 7. The highest BCUT2D eigenvalue weighted by molar-refractivity contribution is 7.93. The van der Waals surface area contributed by atoms with E-state index < -0.39 is 71.5 Å². The predicted octanol–water partition coefficient (Wildman–Crippen LogP) is 9.07. The quantitative estimate of drug-likeness (QED) is 0.127. The first-order valence-electron chi connectivity index (χ1n) is 16.5. The number of halogens is 5. The third kappa shape index (κ3) is 8.57. The molecule has 0 spiro atoms. The summed E-state index contributed by atoms with van der Waals surface area (Å²) in [5.74, 6) is -2.63. The van der Waals surface area contributed by atoms with Crippen molar-refractivity contribution in [3.63, 3.8) is 0 Å². The minimum Gasteiger partial charge on any atom is -0.479 e. The molecule has 2 N–H and O–H groups in total. The summed E-state index contributed by atoms with van der Waals surface area (Å²) in [5, 5.41) is 13.4. The Bertz CT molecular complexity index is 2490. The van der Waals surface area contributed by atoms with Gasteiger partial charge in [-0.2, -0.15) is 0 Å². The number of likely N-dealkylation sites (tertiary alicyclic amines) is 1.